The summed E-state index contributed by atoms with van der Waals surface area (Å²) in [6.07, 6.45) is 1.68. The fourth-order valence-electron chi connectivity index (χ4n) is 0.762. The third-order valence-corrected chi connectivity index (χ3v) is 1.43. The topological polar surface area (TPSA) is 62.8 Å². The van der Waals surface area contributed by atoms with Crippen LogP contribution in [0.25, 0.3) is 0 Å². The molecule has 1 rings (SSSR count). The van der Waals surface area contributed by atoms with Crippen molar-refractivity contribution in [2.45, 2.75) is 0 Å². The zero-order valence-electron chi connectivity index (χ0n) is 7.44. The maximum absolute atomic E-state index is 5.36. The van der Waals surface area contributed by atoms with Gasteiger partial charge in [0.05, 0.1) is 6.21 Å². The van der Waals surface area contributed by atoms with E-state index in [0.717, 1.165) is 5.56 Å². The number of hydrogen-bond acceptors (Lipinski definition) is 2. The van der Waals surface area contributed by atoms with Gasteiger partial charge in [0.1, 0.15) is 0 Å². The van der Waals surface area contributed by atoms with Crippen molar-refractivity contribution in [3.8, 4) is 0 Å². The average molecular weight is 176 g/mol. The molecule has 4 nitrogen and oxygen atoms in total. The number of rotatable bonds is 2. The van der Waals surface area contributed by atoms with Gasteiger partial charge in [-0.3, -0.25) is 4.99 Å². The maximum atomic E-state index is 5.36. The summed E-state index contributed by atoms with van der Waals surface area (Å²) in [7, 11) is 1.60. The van der Waals surface area contributed by atoms with Gasteiger partial charge in [-0.15, -0.1) is 0 Å². The van der Waals surface area contributed by atoms with Crippen LogP contribution in [0.4, 0.5) is 0 Å². The van der Waals surface area contributed by atoms with E-state index in [1.165, 1.54) is 0 Å². The van der Waals surface area contributed by atoms with Gasteiger partial charge in [0.15, 0.2) is 0 Å². The first-order chi connectivity index (χ1) is 6.33. The first-order valence-corrected chi connectivity index (χ1v) is 3.89. The quantitative estimate of drug-likeness (QED) is 0.393. The molecule has 4 heteroatoms. The van der Waals surface area contributed by atoms with E-state index in [4.69, 9.17) is 5.73 Å². The van der Waals surface area contributed by atoms with Crippen LogP contribution in [0.15, 0.2) is 40.4 Å². The number of hydrogen-bond donors (Lipinski definition) is 2. The van der Waals surface area contributed by atoms with E-state index in [-0.39, 0.29) is 0 Å². The third-order valence-electron chi connectivity index (χ3n) is 1.43. The molecule has 0 spiro atoms. The summed E-state index contributed by atoms with van der Waals surface area (Å²) in [6.45, 7) is 0. The van der Waals surface area contributed by atoms with Crippen LogP contribution in [0, 0.1) is 0 Å². The Kier molecular flexibility index (Phi) is 3.50. The van der Waals surface area contributed by atoms with Gasteiger partial charge in [0.2, 0.25) is 5.96 Å². The first-order valence-electron chi connectivity index (χ1n) is 3.89. The molecule has 0 aromatic heterocycles. The minimum absolute atomic E-state index is 0.298. The Bertz CT molecular complexity index is 303. The van der Waals surface area contributed by atoms with Crippen molar-refractivity contribution in [3.63, 3.8) is 0 Å². The number of aliphatic imine (C=N–C) groups is 1. The summed E-state index contributed by atoms with van der Waals surface area (Å²) in [4.78, 5) is 3.69. The van der Waals surface area contributed by atoms with Crippen LogP contribution in [-0.4, -0.2) is 19.2 Å². The highest BCUT2D eigenvalue weighted by atomic mass is 15.3. The molecule has 1 aromatic carbocycles. The lowest BCUT2D eigenvalue weighted by atomic mass is 10.2. The van der Waals surface area contributed by atoms with Crippen LogP contribution >= 0.6 is 0 Å². The van der Waals surface area contributed by atoms with Gasteiger partial charge in [-0.25, -0.2) is 5.43 Å². The Labute approximate surface area is 77.2 Å². The number of nitrogens with one attached hydrogen (secondary N) is 1. The Morgan fingerprint density at radius 3 is 2.69 bits per heavy atom. The molecular weight excluding hydrogens is 164 g/mol. The number of nitrogens with two attached hydrogens (primary N) is 1. The van der Waals surface area contributed by atoms with E-state index in [0.29, 0.717) is 5.96 Å². The lowest BCUT2D eigenvalue weighted by Gasteiger charge is -1.95. The molecule has 0 saturated carbocycles. The summed E-state index contributed by atoms with van der Waals surface area (Å²) in [5, 5.41) is 3.88. The zero-order valence-corrected chi connectivity index (χ0v) is 7.44. The molecule has 0 aliphatic rings. The predicted molar refractivity (Wildman–Crippen MR) is 54.7 cm³/mol. The average Bonchev–Trinajstić information content (AvgIpc) is 2.19. The van der Waals surface area contributed by atoms with Crippen LogP contribution in [-0.2, 0) is 0 Å². The van der Waals surface area contributed by atoms with Gasteiger partial charge in [0.25, 0.3) is 0 Å². The SMILES string of the molecule is CN=C(N)N/N=C/c1ccccc1. The third kappa shape index (κ3) is 3.37. The number of nitrogens with zero attached hydrogens (tertiary/aromatic N) is 2. The smallest absolute Gasteiger partial charge is 0.209 e. The van der Waals surface area contributed by atoms with Gasteiger partial charge < -0.3 is 5.73 Å². The van der Waals surface area contributed by atoms with Gasteiger partial charge in [-0.2, -0.15) is 5.10 Å². The maximum Gasteiger partial charge on any atom is 0.209 e. The normalized spacial score (nSPS) is 11.9. The molecule has 0 unspecified atom stereocenters. The fourth-order valence-corrected chi connectivity index (χ4v) is 0.762. The van der Waals surface area contributed by atoms with Crippen LogP contribution in [0.2, 0.25) is 0 Å². The molecule has 0 saturated heterocycles. The Morgan fingerprint density at radius 2 is 2.08 bits per heavy atom. The second kappa shape index (κ2) is 4.92. The standard InChI is InChI=1S/C9H12N4/c1-11-9(10)13-12-7-8-5-3-2-4-6-8/h2-7H,1H3,(H3,10,11,13)/b12-7+. The van der Waals surface area contributed by atoms with E-state index in [1.54, 1.807) is 13.3 Å². The highest BCUT2D eigenvalue weighted by molar-refractivity contribution is 5.82. The molecule has 0 aliphatic heterocycles. The summed E-state index contributed by atoms with van der Waals surface area (Å²) in [5.74, 6) is 0.298. The Morgan fingerprint density at radius 1 is 1.38 bits per heavy atom. The minimum atomic E-state index is 0.298. The summed E-state index contributed by atoms with van der Waals surface area (Å²) < 4.78 is 0. The number of benzene rings is 1. The second-order valence-corrected chi connectivity index (χ2v) is 2.39. The van der Waals surface area contributed by atoms with Crippen molar-refractivity contribution >= 4 is 12.2 Å². The monoisotopic (exact) mass is 176 g/mol. The lowest BCUT2D eigenvalue weighted by molar-refractivity contribution is 1.01. The summed E-state index contributed by atoms with van der Waals surface area (Å²) >= 11 is 0. The molecule has 0 heterocycles. The van der Waals surface area contributed by atoms with E-state index in [9.17, 15) is 0 Å². The van der Waals surface area contributed by atoms with Crippen LogP contribution in [0.5, 0.6) is 0 Å². The highest BCUT2D eigenvalue weighted by Crippen LogP contribution is 1.92. The fraction of sp³-hybridized carbons (Fsp3) is 0.111. The van der Waals surface area contributed by atoms with Gasteiger partial charge in [0, 0.05) is 7.05 Å². The molecule has 0 amide bonds. The van der Waals surface area contributed by atoms with E-state index < -0.39 is 0 Å². The summed E-state index contributed by atoms with van der Waals surface area (Å²) in [5.41, 5.74) is 8.95. The molecule has 68 valence electrons. The predicted octanol–water partition coefficient (Wildman–Crippen LogP) is 0.555. The van der Waals surface area contributed by atoms with Crippen molar-refractivity contribution in [2.75, 3.05) is 7.05 Å². The molecule has 0 bridgehead atoms. The molecule has 13 heavy (non-hydrogen) atoms. The molecule has 3 N–H and O–H groups in total. The van der Waals surface area contributed by atoms with Gasteiger partial charge >= 0.3 is 0 Å². The Hall–Kier alpha value is -1.84. The second-order valence-electron chi connectivity index (χ2n) is 2.39. The van der Waals surface area contributed by atoms with Crippen LogP contribution in [0.1, 0.15) is 5.56 Å². The van der Waals surface area contributed by atoms with Crippen molar-refractivity contribution in [2.24, 2.45) is 15.8 Å². The number of guanidine groups is 1. The molecule has 0 atom stereocenters. The van der Waals surface area contributed by atoms with Crippen molar-refractivity contribution in [1.82, 2.24) is 5.43 Å². The molecule has 1 aromatic rings. The number of hydrazone groups is 1. The van der Waals surface area contributed by atoms with Gasteiger partial charge in [-0.05, 0) is 5.56 Å². The molecular formula is C9H12N4. The molecule has 0 fully saturated rings. The van der Waals surface area contributed by atoms with Crippen molar-refractivity contribution in [1.29, 1.82) is 0 Å². The van der Waals surface area contributed by atoms with E-state index >= 15 is 0 Å². The highest BCUT2D eigenvalue weighted by Gasteiger charge is 1.84. The lowest BCUT2D eigenvalue weighted by Crippen LogP contribution is -2.26. The Balaban J connectivity index is 2.50. The van der Waals surface area contributed by atoms with Gasteiger partial charge in [-0.1, -0.05) is 30.3 Å². The molecule has 0 radical (unpaired) electrons. The van der Waals surface area contributed by atoms with Crippen molar-refractivity contribution in [3.05, 3.63) is 35.9 Å². The van der Waals surface area contributed by atoms with E-state index in [2.05, 4.69) is 15.5 Å². The van der Waals surface area contributed by atoms with Crippen LogP contribution in [0.3, 0.4) is 0 Å². The first kappa shape index (κ1) is 9.25. The van der Waals surface area contributed by atoms with Crippen LogP contribution < -0.4 is 11.2 Å². The van der Waals surface area contributed by atoms with Crippen molar-refractivity contribution < 1.29 is 0 Å². The molecule has 0 aliphatic carbocycles. The summed E-state index contributed by atoms with van der Waals surface area (Å²) in [6, 6.07) is 9.73. The largest absolute Gasteiger partial charge is 0.369 e. The van der Waals surface area contributed by atoms with E-state index in [1.807, 2.05) is 30.3 Å². The minimum Gasteiger partial charge on any atom is -0.369 e. The zero-order chi connectivity index (χ0) is 9.52.